The summed E-state index contributed by atoms with van der Waals surface area (Å²) in [6.45, 7) is 7.98. The van der Waals surface area contributed by atoms with Gasteiger partial charge in [-0.15, -0.1) is 0 Å². The first kappa shape index (κ1) is 19.3. The van der Waals surface area contributed by atoms with Crippen LogP contribution in [-0.4, -0.2) is 88.4 Å². The van der Waals surface area contributed by atoms with Gasteiger partial charge in [0.25, 0.3) is 0 Å². The quantitative estimate of drug-likeness (QED) is 0.769. The van der Waals surface area contributed by atoms with E-state index in [1.54, 1.807) is 21.3 Å². The van der Waals surface area contributed by atoms with Crippen LogP contribution in [0, 0.1) is 0 Å². The second kappa shape index (κ2) is 8.93. The number of hydrogen-bond donors (Lipinski definition) is 0. The summed E-state index contributed by atoms with van der Waals surface area (Å²) in [5.74, 6) is 2.33. The van der Waals surface area contributed by atoms with Gasteiger partial charge in [0.05, 0.1) is 21.3 Å². The van der Waals surface area contributed by atoms with Crippen molar-refractivity contribution >= 4 is 0 Å². The second-order valence-corrected chi connectivity index (χ2v) is 7.37. The van der Waals surface area contributed by atoms with Gasteiger partial charge in [-0.2, -0.15) is 0 Å². The Morgan fingerprint density at radius 2 is 1.38 bits per heavy atom. The molecule has 0 bridgehead atoms. The van der Waals surface area contributed by atoms with Crippen LogP contribution in [0.3, 0.4) is 0 Å². The highest BCUT2D eigenvalue weighted by molar-refractivity contribution is 5.50. The van der Waals surface area contributed by atoms with Gasteiger partial charge in [0.2, 0.25) is 0 Å². The first-order valence-electron chi connectivity index (χ1n) is 9.58. The lowest BCUT2D eigenvalue weighted by Crippen LogP contribution is -2.52. The maximum Gasteiger partial charge on any atom is 0.164 e. The van der Waals surface area contributed by atoms with Crippen LogP contribution in [0.15, 0.2) is 12.1 Å². The van der Waals surface area contributed by atoms with Gasteiger partial charge in [-0.3, -0.25) is 9.80 Å². The molecular formula is C20H33N3O3. The highest BCUT2D eigenvalue weighted by atomic mass is 16.5. The van der Waals surface area contributed by atoms with Crippen molar-refractivity contribution in [3.05, 3.63) is 17.7 Å². The molecule has 0 unspecified atom stereocenters. The highest BCUT2D eigenvalue weighted by Crippen LogP contribution is 2.35. The van der Waals surface area contributed by atoms with Crippen LogP contribution in [0.4, 0.5) is 0 Å². The van der Waals surface area contributed by atoms with Gasteiger partial charge in [0.1, 0.15) is 5.75 Å². The van der Waals surface area contributed by atoms with E-state index in [1.165, 1.54) is 39.0 Å². The Morgan fingerprint density at radius 3 is 1.96 bits per heavy atom. The number of benzene rings is 1. The third kappa shape index (κ3) is 4.42. The van der Waals surface area contributed by atoms with E-state index in [0.29, 0.717) is 5.75 Å². The molecule has 2 heterocycles. The molecule has 1 aromatic carbocycles. The Balaban J connectivity index is 1.59. The molecule has 146 valence electrons. The lowest BCUT2D eigenvalue weighted by atomic mass is 10.0. The number of piperidine rings is 1. The van der Waals surface area contributed by atoms with Gasteiger partial charge in [0.15, 0.2) is 11.5 Å². The molecule has 2 aliphatic rings. The molecule has 0 amide bonds. The number of nitrogens with zero attached hydrogens (tertiary/aromatic N) is 3. The molecule has 0 radical (unpaired) electrons. The van der Waals surface area contributed by atoms with E-state index in [9.17, 15) is 0 Å². The monoisotopic (exact) mass is 363 g/mol. The van der Waals surface area contributed by atoms with Crippen molar-refractivity contribution < 1.29 is 14.2 Å². The normalized spacial score (nSPS) is 20.9. The van der Waals surface area contributed by atoms with Gasteiger partial charge >= 0.3 is 0 Å². The second-order valence-electron chi connectivity index (χ2n) is 7.37. The number of hydrogen-bond acceptors (Lipinski definition) is 6. The highest BCUT2D eigenvalue weighted by Gasteiger charge is 2.27. The van der Waals surface area contributed by atoms with Crippen molar-refractivity contribution in [3.63, 3.8) is 0 Å². The molecular weight excluding hydrogens is 330 g/mol. The molecule has 0 N–H and O–H groups in total. The predicted molar refractivity (Wildman–Crippen MR) is 103 cm³/mol. The summed E-state index contributed by atoms with van der Waals surface area (Å²) in [7, 11) is 7.26. The predicted octanol–water partition coefficient (Wildman–Crippen LogP) is 1.92. The summed E-state index contributed by atoms with van der Waals surface area (Å²) < 4.78 is 16.4. The molecule has 0 aliphatic carbocycles. The van der Waals surface area contributed by atoms with Crippen LogP contribution in [0.2, 0.25) is 0 Å². The van der Waals surface area contributed by atoms with Crippen LogP contribution in [0.1, 0.15) is 18.4 Å². The van der Waals surface area contributed by atoms with E-state index in [0.717, 1.165) is 42.7 Å². The first-order chi connectivity index (χ1) is 12.6. The molecule has 3 rings (SSSR count). The van der Waals surface area contributed by atoms with Crippen molar-refractivity contribution in [1.29, 1.82) is 0 Å². The largest absolute Gasteiger partial charge is 0.496 e. The van der Waals surface area contributed by atoms with E-state index in [1.807, 2.05) is 12.1 Å². The number of likely N-dealkylation sites (N-methyl/N-ethyl adjacent to an activating group) is 1. The molecule has 6 nitrogen and oxygen atoms in total. The van der Waals surface area contributed by atoms with Crippen LogP contribution in [0.25, 0.3) is 0 Å². The Bertz CT molecular complexity index is 580. The van der Waals surface area contributed by atoms with Crippen LogP contribution in [0.5, 0.6) is 17.2 Å². The number of likely N-dealkylation sites (tertiary alicyclic amines) is 1. The fourth-order valence-electron chi connectivity index (χ4n) is 4.09. The molecule has 2 fully saturated rings. The molecule has 6 heteroatoms. The van der Waals surface area contributed by atoms with Crippen molar-refractivity contribution in [2.75, 3.05) is 67.6 Å². The zero-order valence-electron chi connectivity index (χ0n) is 16.7. The average molecular weight is 364 g/mol. The Kier molecular flexibility index (Phi) is 6.62. The maximum absolute atomic E-state index is 5.58. The van der Waals surface area contributed by atoms with Gasteiger partial charge < -0.3 is 19.1 Å². The zero-order valence-corrected chi connectivity index (χ0v) is 16.7. The summed E-state index contributed by atoms with van der Waals surface area (Å²) in [6.07, 6.45) is 2.50. The van der Waals surface area contributed by atoms with Crippen molar-refractivity contribution in [2.24, 2.45) is 0 Å². The van der Waals surface area contributed by atoms with Crippen LogP contribution < -0.4 is 14.2 Å². The SMILES string of the molecule is COc1cc(OC)c(OC)cc1CN1CCC(N2CCN(C)CC2)CC1. The number of rotatable bonds is 6. The van der Waals surface area contributed by atoms with Gasteiger partial charge in [-0.05, 0) is 39.0 Å². The Hall–Kier alpha value is -1.50. The van der Waals surface area contributed by atoms with Crippen molar-refractivity contribution in [2.45, 2.75) is 25.4 Å². The van der Waals surface area contributed by atoms with E-state index < -0.39 is 0 Å². The smallest absolute Gasteiger partial charge is 0.164 e. The van der Waals surface area contributed by atoms with Crippen LogP contribution >= 0.6 is 0 Å². The topological polar surface area (TPSA) is 37.4 Å². The molecule has 1 aromatic rings. The minimum atomic E-state index is 0.710. The fraction of sp³-hybridized carbons (Fsp3) is 0.700. The lowest BCUT2D eigenvalue weighted by Gasteiger charge is -2.42. The lowest BCUT2D eigenvalue weighted by molar-refractivity contribution is 0.0655. The standard InChI is InChI=1S/C20H33N3O3/c1-21-9-11-23(12-10-21)17-5-7-22(8-6-17)15-16-13-19(25-3)20(26-4)14-18(16)24-2/h13-14,17H,5-12,15H2,1-4H3. The van der Waals surface area contributed by atoms with E-state index in [4.69, 9.17) is 14.2 Å². The summed E-state index contributed by atoms with van der Waals surface area (Å²) in [6, 6.07) is 4.71. The molecule has 0 saturated carbocycles. The van der Waals surface area contributed by atoms with E-state index in [-0.39, 0.29) is 0 Å². The first-order valence-corrected chi connectivity index (χ1v) is 9.58. The summed E-state index contributed by atoms with van der Waals surface area (Å²) in [5.41, 5.74) is 1.16. The van der Waals surface area contributed by atoms with Crippen molar-refractivity contribution in [3.8, 4) is 17.2 Å². The summed E-state index contributed by atoms with van der Waals surface area (Å²) >= 11 is 0. The third-order valence-corrected chi connectivity index (χ3v) is 5.79. The third-order valence-electron chi connectivity index (χ3n) is 5.79. The summed E-state index contributed by atoms with van der Waals surface area (Å²) in [4.78, 5) is 7.64. The molecule has 0 aromatic heterocycles. The van der Waals surface area contributed by atoms with Crippen LogP contribution in [-0.2, 0) is 6.54 Å². The minimum absolute atomic E-state index is 0.710. The Labute approximate surface area is 157 Å². The molecule has 2 saturated heterocycles. The zero-order chi connectivity index (χ0) is 18.5. The number of piperazine rings is 1. The number of methoxy groups -OCH3 is 3. The van der Waals surface area contributed by atoms with E-state index in [2.05, 4.69) is 21.7 Å². The molecule has 26 heavy (non-hydrogen) atoms. The molecule has 2 aliphatic heterocycles. The van der Waals surface area contributed by atoms with Crippen molar-refractivity contribution in [1.82, 2.24) is 14.7 Å². The minimum Gasteiger partial charge on any atom is -0.496 e. The maximum atomic E-state index is 5.58. The van der Waals surface area contributed by atoms with Gasteiger partial charge in [-0.1, -0.05) is 0 Å². The van der Waals surface area contributed by atoms with Gasteiger partial charge in [-0.25, -0.2) is 0 Å². The summed E-state index contributed by atoms with van der Waals surface area (Å²) in [5, 5.41) is 0. The fourth-order valence-corrected chi connectivity index (χ4v) is 4.09. The average Bonchev–Trinajstić information content (AvgIpc) is 2.69. The molecule has 0 atom stereocenters. The van der Waals surface area contributed by atoms with E-state index >= 15 is 0 Å². The van der Waals surface area contributed by atoms with Gasteiger partial charge in [0, 0.05) is 50.4 Å². The molecule has 0 spiro atoms. The Morgan fingerprint density at radius 1 is 0.808 bits per heavy atom. The number of ether oxygens (including phenoxy) is 3.